The van der Waals surface area contributed by atoms with Crippen molar-refractivity contribution >= 4 is 12.6 Å². The Hall–Kier alpha value is -0.500. The zero-order valence-corrected chi connectivity index (χ0v) is 7.53. The van der Waals surface area contributed by atoms with Crippen LogP contribution >= 0.6 is 12.6 Å². The molecule has 0 bridgehead atoms. The van der Waals surface area contributed by atoms with Crippen LogP contribution in [-0.2, 0) is 0 Å². The minimum absolute atomic E-state index is 0.237. The Bertz CT molecular complexity index is 256. The summed E-state index contributed by atoms with van der Waals surface area (Å²) in [6, 6.07) is 5.12. The van der Waals surface area contributed by atoms with Crippen LogP contribution in [0.2, 0.25) is 0 Å². The predicted octanol–water partition coefficient (Wildman–Crippen LogP) is 3.24. The molecule has 0 aliphatic heterocycles. The average Bonchev–Trinajstić information content (AvgIpc) is 1.94. The molecule has 0 saturated carbocycles. The maximum absolute atomic E-state index is 12.9. The summed E-state index contributed by atoms with van der Waals surface area (Å²) < 4.78 is 12.9. The van der Waals surface area contributed by atoms with Gasteiger partial charge in [0.25, 0.3) is 0 Å². The molecule has 0 N–H and O–H groups in total. The summed E-state index contributed by atoms with van der Waals surface area (Å²) in [5.74, 6) is 0.137. The first kappa shape index (κ1) is 8.60. The quantitative estimate of drug-likeness (QED) is 0.614. The third kappa shape index (κ3) is 1.96. The lowest BCUT2D eigenvalue weighted by Gasteiger charge is -2.05. The number of benzene rings is 1. The van der Waals surface area contributed by atoms with E-state index in [1.807, 2.05) is 19.9 Å². The van der Waals surface area contributed by atoms with Crippen molar-refractivity contribution in [1.82, 2.24) is 0 Å². The van der Waals surface area contributed by atoms with Gasteiger partial charge < -0.3 is 0 Å². The van der Waals surface area contributed by atoms with E-state index in [0.717, 1.165) is 5.56 Å². The summed E-state index contributed by atoms with van der Waals surface area (Å²) >= 11 is 3.94. The standard InChI is InChI=1S/C9H11FS/c1-6(2)7-3-4-9(11)8(10)5-7/h3-6,11H,1-2H3. The molecule has 2 heteroatoms. The Labute approximate surface area is 71.8 Å². The second-order valence-electron chi connectivity index (χ2n) is 2.87. The monoisotopic (exact) mass is 170 g/mol. The molecule has 0 aromatic heterocycles. The van der Waals surface area contributed by atoms with Crippen LogP contribution in [0, 0.1) is 5.82 Å². The highest BCUT2D eigenvalue weighted by Gasteiger charge is 2.02. The van der Waals surface area contributed by atoms with E-state index in [9.17, 15) is 4.39 Å². The highest BCUT2D eigenvalue weighted by Crippen LogP contribution is 2.19. The summed E-state index contributed by atoms with van der Waals surface area (Å²) in [5, 5.41) is 0. The molecule has 0 unspecified atom stereocenters. The molecule has 0 heterocycles. The second-order valence-corrected chi connectivity index (χ2v) is 3.35. The van der Waals surface area contributed by atoms with Crippen LogP contribution < -0.4 is 0 Å². The van der Waals surface area contributed by atoms with Gasteiger partial charge in [0.1, 0.15) is 5.82 Å². The van der Waals surface area contributed by atoms with Crippen LogP contribution in [0.15, 0.2) is 23.1 Å². The lowest BCUT2D eigenvalue weighted by Crippen LogP contribution is -1.88. The molecule has 60 valence electrons. The van der Waals surface area contributed by atoms with Gasteiger partial charge in [0, 0.05) is 4.90 Å². The number of thiol groups is 1. The Kier molecular flexibility index (Phi) is 2.55. The fourth-order valence-corrected chi connectivity index (χ4v) is 1.02. The summed E-state index contributed by atoms with van der Waals surface area (Å²) in [5.41, 5.74) is 1.01. The van der Waals surface area contributed by atoms with Gasteiger partial charge >= 0.3 is 0 Å². The van der Waals surface area contributed by atoms with Gasteiger partial charge in [-0.1, -0.05) is 19.9 Å². The number of hydrogen-bond acceptors (Lipinski definition) is 1. The third-order valence-corrected chi connectivity index (χ3v) is 2.00. The smallest absolute Gasteiger partial charge is 0.136 e. The fraction of sp³-hybridized carbons (Fsp3) is 0.333. The van der Waals surface area contributed by atoms with Crippen molar-refractivity contribution in [2.45, 2.75) is 24.7 Å². The summed E-state index contributed by atoms with van der Waals surface area (Å²) in [6.07, 6.45) is 0. The molecule has 1 aromatic carbocycles. The van der Waals surface area contributed by atoms with E-state index in [4.69, 9.17) is 0 Å². The fourth-order valence-electron chi connectivity index (χ4n) is 0.882. The van der Waals surface area contributed by atoms with E-state index >= 15 is 0 Å². The second kappa shape index (κ2) is 3.26. The van der Waals surface area contributed by atoms with Gasteiger partial charge in [0.2, 0.25) is 0 Å². The molecule has 0 spiro atoms. The van der Waals surface area contributed by atoms with Crippen molar-refractivity contribution in [2.24, 2.45) is 0 Å². The molecule has 0 aliphatic carbocycles. The Balaban J connectivity index is 3.05. The maximum Gasteiger partial charge on any atom is 0.136 e. The topological polar surface area (TPSA) is 0 Å². The molecule has 0 amide bonds. The molecular formula is C9H11FS. The van der Waals surface area contributed by atoms with Crippen molar-refractivity contribution in [3.05, 3.63) is 29.6 Å². The predicted molar refractivity (Wildman–Crippen MR) is 47.7 cm³/mol. The van der Waals surface area contributed by atoms with Crippen LogP contribution in [0.1, 0.15) is 25.3 Å². The van der Waals surface area contributed by atoms with E-state index in [2.05, 4.69) is 12.6 Å². The Morgan fingerprint density at radius 2 is 2.00 bits per heavy atom. The lowest BCUT2D eigenvalue weighted by molar-refractivity contribution is 0.598. The van der Waals surface area contributed by atoms with Gasteiger partial charge in [0.15, 0.2) is 0 Å². The van der Waals surface area contributed by atoms with E-state index in [1.54, 1.807) is 6.07 Å². The van der Waals surface area contributed by atoms with Crippen molar-refractivity contribution in [2.75, 3.05) is 0 Å². The van der Waals surface area contributed by atoms with Crippen LogP contribution in [0.25, 0.3) is 0 Å². The van der Waals surface area contributed by atoms with Gasteiger partial charge in [-0.2, -0.15) is 0 Å². The average molecular weight is 170 g/mol. The van der Waals surface area contributed by atoms with Crippen molar-refractivity contribution < 1.29 is 4.39 Å². The van der Waals surface area contributed by atoms with Crippen LogP contribution in [0.3, 0.4) is 0 Å². The van der Waals surface area contributed by atoms with Gasteiger partial charge in [-0.25, -0.2) is 4.39 Å². The minimum atomic E-state index is -0.237. The lowest BCUT2D eigenvalue weighted by atomic mass is 10.0. The van der Waals surface area contributed by atoms with Crippen molar-refractivity contribution in [3.63, 3.8) is 0 Å². The normalized spacial score (nSPS) is 10.6. The number of halogens is 1. The molecule has 1 aromatic rings. The summed E-state index contributed by atoms with van der Waals surface area (Å²) in [7, 11) is 0. The van der Waals surface area contributed by atoms with Crippen molar-refractivity contribution in [3.8, 4) is 0 Å². The van der Waals surface area contributed by atoms with Crippen molar-refractivity contribution in [1.29, 1.82) is 0 Å². The Morgan fingerprint density at radius 1 is 1.36 bits per heavy atom. The van der Waals surface area contributed by atoms with E-state index in [0.29, 0.717) is 10.8 Å². The molecule has 0 atom stereocenters. The Morgan fingerprint density at radius 3 is 2.45 bits per heavy atom. The molecule has 0 aliphatic rings. The van der Waals surface area contributed by atoms with Gasteiger partial charge in [-0.15, -0.1) is 12.6 Å². The SMILES string of the molecule is CC(C)c1ccc(S)c(F)c1. The molecule has 11 heavy (non-hydrogen) atoms. The largest absolute Gasteiger partial charge is 0.206 e. The first-order valence-corrected chi connectivity index (χ1v) is 4.04. The number of rotatable bonds is 1. The molecule has 1 rings (SSSR count). The molecule has 0 saturated heterocycles. The van der Waals surface area contributed by atoms with Gasteiger partial charge in [-0.05, 0) is 23.6 Å². The van der Waals surface area contributed by atoms with Crippen LogP contribution in [0.5, 0.6) is 0 Å². The van der Waals surface area contributed by atoms with Gasteiger partial charge in [-0.3, -0.25) is 0 Å². The molecule has 0 radical (unpaired) electrons. The zero-order chi connectivity index (χ0) is 8.43. The molecular weight excluding hydrogens is 159 g/mol. The summed E-state index contributed by atoms with van der Waals surface area (Å²) in [6.45, 7) is 4.07. The first-order valence-electron chi connectivity index (χ1n) is 3.59. The van der Waals surface area contributed by atoms with Crippen LogP contribution in [-0.4, -0.2) is 0 Å². The maximum atomic E-state index is 12.9. The third-order valence-electron chi connectivity index (χ3n) is 1.64. The summed E-state index contributed by atoms with van der Waals surface area (Å²) in [4.78, 5) is 0.411. The van der Waals surface area contributed by atoms with Gasteiger partial charge in [0.05, 0.1) is 0 Å². The van der Waals surface area contributed by atoms with E-state index in [1.165, 1.54) is 6.07 Å². The van der Waals surface area contributed by atoms with E-state index in [-0.39, 0.29) is 5.82 Å². The highest BCUT2D eigenvalue weighted by atomic mass is 32.1. The number of hydrogen-bond donors (Lipinski definition) is 1. The highest BCUT2D eigenvalue weighted by molar-refractivity contribution is 7.80. The first-order chi connectivity index (χ1) is 5.11. The minimum Gasteiger partial charge on any atom is -0.206 e. The van der Waals surface area contributed by atoms with Crippen LogP contribution in [0.4, 0.5) is 4.39 Å². The zero-order valence-electron chi connectivity index (χ0n) is 6.63. The molecule has 0 fully saturated rings. The van der Waals surface area contributed by atoms with E-state index < -0.39 is 0 Å². The molecule has 0 nitrogen and oxygen atoms in total.